The summed E-state index contributed by atoms with van der Waals surface area (Å²) < 4.78 is 6.98. The lowest BCUT2D eigenvalue weighted by molar-refractivity contribution is -0.383. The Labute approximate surface area is 164 Å². The van der Waals surface area contributed by atoms with Crippen LogP contribution < -0.4 is 5.32 Å². The lowest BCUT2D eigenvalue weighted by atomic mass is 10.2. The van der Waals surface area contributed by atoms with Crippen molar-refractivity contribution < 1.29 is 14.5 Å². The van der Waals surface area contributed by atoms with Gasteiger partial charge in [0.2, 0.25) is 5.91 Å². The lowest BCUT2D eigenvalue weighted by Crippen LogP contribution is -2.15. The summed E-state index contributed by atoms with van der Waals surface area (Å²) >= 11 is 1.18. The maximum atomic E-state index is 12.3. The van der Waals surface area contributed by atoms with E-state index in [1.807, 2.05) is 34.9 Å². The van der Waals surface area contributed by atoms with Crippen LogP contribution in [0.4, 0.5) is 11.4 Å². The second-order valence-electron chi connectivity index (χ2n) is 5.61. The number of rotatable bonds is 8. The molecule has 0 aliphatic carbocycles. The van der Waals surface area contributed by atoms with Crippen molar-refractivity contribution in [2.75, 3.05) is 18.2 Å². The zero-order valence-electron chi connectivity index (χ0n) is 14.9. The minimum atomic E-state index is -0.536. The average molecular weight is 399 g/mol. The van der Waals surface area contributed by atoms with E-state index in [1.165, 1.54) is 23.9 Å². The number of methoxy groups -OCH3 is 1. The molecular weight excluding hydrogens is 382 g/mol. The van der Waals surface area contributed by atoms with E-state index in [0.29, 0.717) is 11.0 Å². The molecule has 1 aromatic heterocycles. The summed E-state index contributed by atoms with van der Waals surface area (Å²) in [6.45, 7) is 0.269. The Hall–Kier alpha value is -3.24. The fourth-order valence-electron chi connectivity index (χ4n) is 2.51. The molecule has 0 spiro atoms. The van der Waals surface area contributed by atoms with E-state index in [1.54, 1.807) is 19.2 Å². The van der Waals surface area contributed by atoms with Gasteiger partial charge in [0, 0.05) is 18.9 Å². The van der Waals surface area contributed by atoms with Gasteiger partial charge >= 0.3 is 0 Å². The van der Waals surface area contributed by atoms with Crippen molar-refractivity contribution in [3.05, 3.63) is 70.5 Å². The molecule has 10 heteroatoms. The molecule has 0 atom stereocenters. The van der Waals surface area contributed by atoms with Gasteiger partial charge in [0.1, 0.15) is 12.3 Å². The first-order valence-corrected chi connectivity index (χ1v) is 9.23. The van der Waals surface area contributed by atoms with Crippen molar-refractivity contribution in [2.45, 2.75) is 11.8 Å². The Morgan fingerprint density at radius 2 is 1.89 bits per heavy atom. The number of carbonyl (C=O) groups excluding carboxylic acids is 1. The van der Waals surface area contributed by atoms with Crippen molar-refractivity contribution in [3.63, 3.8) is 0 Å². The van der Waals surface area contributed by atoms with E-state index >= 15 is 0 Å². The highest BCUT2D eigenvalue weighted by molar-refractivity contribution is 7.99. The molecule has 1 amide bonds. The van der Waals surface area contributed by atoms with Crippen LogP contribution in [0.3, 0.4) is 0 Å². The van der Waals surface area contributed by atoms with Crippen molar-refractivity contribution in [3.8, 4) is 5.69 Å². The van der Waals surface area contributed by atoms with E-state index in [4.69, 9.17) is 4.74 Å². The van der Waals surface area contributed by atoms with Crippen molar-refractivity contribution in [2.24, 2.45) is 0 Å². The number of nitrogens with one attached hydrogen (secondary N) is 1. The fraction of sp³-hybridized carbons (Fsp3) is 0.167. The number of carbonyl (C=O) groups is 1. The predicted octanol–water partition coefficient (Wildman–Crippen LogP) is 3.05. The largest absolute Gasteiger partial charge is 0.377 e. The van der Waals surface area contributed by atoms with Gasteiger partial charge in [-0.25, -0.2) is 0 Å². The van der Waals surface area contributed by atoms with Gasteiger partial charge in [-0.15, -0.1) is 10.2 Å². The number of nitrogens with zero attached hydrogens (tertiary/aromatic N) is 4. The summed E-state index contributed by atoms with van der Waals surface area (Å²) in [4.78, 5) is 22.8. The van der Waals surface area contributed by atoms with Crippen LogP contribution in [0.15, 0.2) is 59.8 Å². The summed E-state index contributed by atoms with van der Waals surface area (Å²) in [6, 6.07) is 15.5. The molecule has 0 saturated carbocycles. The summed E-state index contributed by atoms with van der Waals surface area (Å²) in [5.41, 5.74) is 0.847. The Morgan fingerprint density at radius 3 is 2.61 bits per heavy atom. The van der Waals surface area contributed by atoms with Gasteiger partial charge in [-0.3, -0.25) is 19.5 Å². The molecule has 144 valence electrons. The number of thioether (sulfide) groups is 1. The number of benzene rings is 2. The number of ether oxygens (including phenoxy) is 1. The molecule has 0 radical (unpaired) electrons. The second kappa shape index (κ2) is 9.11. The van der Waals surface area contributed by atoms with Crippen LogP contribution >= 0.6 is 11.8 Å². The number of nitro groups is 1. The third-order valence-corrected chi connectivity index (χ3v) is 4.62. The maximum absolute atomic E-state index is 12.3. The van der Waals surface area contributed by atoms with Gasteiger partial charge in [0.15, 0.2) is 11.0 Å². The molecule has 3 rings (SSSR count). The molecule has 3 aromatic rings. The smallest absolute Gasteiger partial charge is 0.292 e. The minimum Gasteiger partial charge on any atom is -0.377 e. The van der Waals surface area contributed by atoms with Crippen LogP contribution in [0.25, 0.3) is 5.69 Å². The molecule has 0 saturated heterocycles. The zero-order chi connectivity index (χ0) is 19.9. The summed E-state index contributed by atoms with van der Waals surface area (Å²) in [5.74, 6) is 0.245. The number of para-hydroxylation sites is 3. The molecule has 0 aliphatic rings. The quantitative estimate of drug-likeness (QED) is 0.352. The van der Waals surface area contributed by atoms with Crippen molar-refractivity contribution in [1.29, 1.82) is 0 Å². The van der Waals surface area contributed by atoms with Crippen LogP contribution in [0.1, 0.15) is 5.82 Å². The molecule has 0 bridgehead atoms. The van der Waals surface area contributed by atoms with Gasteiger partial charge in [0.05, 0.1) is 10.7 Å². The Balaban J connectivity index is 1.75. The maximum Gasteiger partial charge on any atom is 0.292 e. The Bertz CT molecular complexity index is 977. The number of hydrogen-bond acceptors (Lipinski definition) is 7. The monoisotopic (exact) mass is 399 g/mol. The SMILES string of the molecule is COCc1nnc(SCC(=O)Nc2ccccc2[N+](=O)[O-])n1-c1ccccc1. The summed E-state index contributed by atoms with van der Waals surface area (Å²) in [6.07, 6.45) is 0. The number of aromatic nitrogens is 3. The number of amides is 1. The average Bonchev–Trinajstić information content (AvgIpc) is 3.10. The van der Waals surface area contributed by atoms with Gasteiger partial charge < -0.3 is 10.1 Å². The molecule has 0 fully saturated rings. The molecule has 0 aliphatic heterocycles. The van der Waals surface area contributed by atoms with Crippen LogP contribution in [-0.4, -0.2) is 38.5 Å². The normalized spacial score (nSPS) is 10.6. The molecule has 2 aromatic carbocycles. The molecule has 28 heavy (non-hydrogen) atoms. The molecule has 0 unspecified atom stereocenters. The van der Waals surface area contributed by atoms with Gasteiger partial charge in [-0.05, 0) is 18.2 Å². The third-order valence-electron chi connectivity index (χ3n) is 3.70. The lowest BCUT2D eigenvalue weighted by Gasteiger charge is -2.10. The first-order valence-electron chi connectivity index (χ1n) is 8.25. The Kier molecular flexibility index (Phi) is 6.35. The summed E-state index contributed by atoms with van der Waals surface area (Å²) in [5, 5.41) is 22.4. The third kappa shape index (κ3) is 4.53. The van der Waals surface area contributed by atoms with Gasteiger partial charge in [-0.1, -0.05) is 42.1 Å². The van der Waals surface area contributed by atoms with Crippen molar-refractivity contribution in [1.82, 2.24) is 14.8 Å². The van der Waals surface area contributed by atoms with Crippen molar-refractivity contribution >= 4 is 29.0 Å². The molecule has 9 nitrogen and oxygen atoms in total. The van der Waals surface area contributed by atoms with Gasteiger partial charge in [0.25, 0.3) is 5.69 Å². The second-order valence-corrected chi connectivity index (χ2v) is 6.56. The first-order chi connectivity index (χ1) is 13.6. The highest BCUT2D eigenvalue weighted by atomic mass is 32.2. The highest BCUT2D eigenvalue weighted by Crippen LogP contribution is 2.25. The van der Waals surface area contributed by atoms with Crippen LogP contribution in [0, 0.1) is 10.1 Å². The van der Waals surface area contributed by atoms with Crippen LogP contribution in [0.5, 0.6) is 0 Å². The van der Waals surface area contributed by atoms with E-state index in [-0.39, 0.29) is 29.6 Å². The summed E-state index contributed by atoms with van der Waals surface area (Å²) in [7, 11) is 1.57. The van der Waals surface area contributed by atoms with Crippen LogP contribution in [0.2, 0.25) is 0 Å². The molecule has 1 heterocycles. The van der Waals surface area contributed by atoms with Crippen LogP contribution in [-0.2, 0) is 16.1 Å². The minimum absolute atomic E-state index is 0.0179. The molecule has 1 N–H and O–H groups in total. The van der Waals surface area contributed by atoms with E-state index in [2.05, 4.69) is 15.5 Å². The topological polar surface area (TPSA) is 112 Å². The zero-order valence-corrected chi connectivity index (χ0v) is 15.8. The molecular formula is C18H17N5O4S. The Morgan fingerprint density at radius 1 is 1.18 bits per heavy atom. The first kappa shape index (κ1) is 19.5. The number of hydrogen-bond donors (Lipinski definition) is 1. The number of anilines is 1. The van der Waals surface area contributed by atoms with E-state index < -0.39 is 4.92 Å². The van der Waals surface area contributed by atoms with Gasteiger partial charge in [-0.2, -0.15) is 0 Å². The predicted molar refractivity (Wildman–Crippen MR) is 105 cm³/mol. The standard InChI is InChI=1S/C18H17N5O4S/c1-27-11-16-20-21-18(22(16)13-7-3-2-4-8-13)28-12-17(24)19-14-9-5-6-10-15(14)23(25)26/h2-10H,11-12H2,1H3,(H,19,24). The van der Waals surface area contributed by atoms with E-state index in [0.717, 1.165) is 5.69 Å². The fourth-order valence-corrected chi connectivity index (χ4v) is 3.28. The highest BCUT2D eigenvalue weighted by Gasteiger charge is 2.18. The number of nitro benzene ring substituents is 1. The van der Waals surface area contributed by atoms with E-state index in [9.17, 15) is 14.9 Å².